The Morgan fingerprint density at radius 3 is 2.16 bits per heavy atom. The molecule has 226 valence electrons. The van der Waals surface area contributed by atoms with Crippen LogP contribution in [0.3, 0.4) is 0 Å². The fourth-order valence-corrected chi connectivity index (χ4v) is 5.58. The third-order valence-electron chi connectivity index (χ3n) is 6.40. The highest BCUT2D eigenvalue weighted by Crippen LogP contribution is 2.29. The molecule has 0 bridgehead atoms. The van der Waals surface area contributed by atoms with Gasteiger partial charge < -0.3 is 16.0 Å². The number of carbonyl (C=O) groups is 3. The fourth-order valence-electron chi connectivity index (χ4n) is 4.05. The van der Waals surface area contributed by atoms with Crippen molar-refractivity contribution in [1.82, 2.24) is 5.32 Å². The van der Waals surface area contributed by atoms with Crippen molar-refractivity contribution in [2.45, 2.75) is 35.3 Å². The van der Waals surface area contributed by atoms with E-state index < -0.39 is 27.1 Å². The molecule has 3 amide bonds. The lowest BCUT2D eigenvalue weighted by Gasteiger charge is -2.16. The summed E-state index contributed by atoms with van der Waals surface area (Å²) in [5, 5.41) is 13.1. The van der Waals surface area contributed by atoms with E-state index in [1.165, 1.54) is 36.0 Å². The van der Waals surface area contributed by atoms with E-state index in [4.69, 9.17) is 5.14 Å². The van der Waals surface area contributed by atoms with Gasteiger partial charge in [-0.05, 0) is 79.6 Å². The Balaban J connectivity index is 1.47. The minimum atomic E-state index is -3.84. The molecule has 11 heteroatoms. The maximum Gasteiger partial charge on any atom is 0.272 e. The van der Waals surface area contributed by atoms with Crippen molar-refractivity contribution in [2.75, 3.05) is 10.6 Å². The van der Waals surface area contributed by atoms with Crippen molar-refractivity contribution < 1.29 is 22.8 Å². The van der Waals surface area contributed by atoms with E-state index in [0.717, 1.165) is 16.0 Å². The van der Waals surface area contributed by atoms with Gasteiger partial charge in [0.2, 0.25) is 15.9 Å². The monoisotopic (exact) mass is 628 g/mol. The molecule has 0 aliphatic carbocycles. The predicted molar refractivity (Wildman–Crippen MR) is 175 cm³/mol. The van der Waals surface area contributed by atoms with Crippen molar-refractivity contribution >= 4 is 57.0 Å². The number of anilines is 2. The Morgan fingerprint density at radius 1 is 0.841 bits per heavy atom. The van der Waals surface area contributed by atoms with Crippen LogP contribution in [0.4, 0.5) is 11.4 Å². The number of amides is 3. The molecule has 0 heterocycles. The van der Waals surface area contributed by atoms with Gasteiger partial charge in [0.15, 0.2) is 0 Å². The Kier molecular flexibility index (Phi) is 10.7. The van der Waals surface area contributed by atoms with Gasteiger partial charge >= 0.3 is 0 Å². The average Bonchev–Trinajstić information content (AvgIpc) is 3.01. The van der Waals surface area contributed by atoms with E-state index in [0.29, 0.717) is 23.4 Å². The second-order valence-corrected chi connectivity index (χ2v) is 12.7. The van der Waals surface area contributed by atoms with Gasteiger partial charge in [-0.2, -0.15) is 0 Å². The molecule has 44 heavy (non-hydrogen) atoms. The number of thioether (sulfide) groups is 1. The van der Waals surface area contributed by atoms with Crippen molar-refractivity contribution in [2.24, 2.45) is 5.14 Å². The molecular weight excluding hydrogens is 597 g/mol. The zero-order valence-corrected chi connectivity index (χ0v) is 25.7. The topological polar surface area (TPSA) is 147 Å². The number of sulfonamides is 1. The molecule has 0 aromatic heterocycles. The lowest BCUT2D eigenvalue weighted by Crippen LogP contribution is -2.30. The molecule has 0 fully saturated rings. The molecule has 0 saturated carbocycles. The third kappa shape index (κ3) is 9.14. The van der Waals surface area contributed by atoms with Gasteiger partial charge in [-0.15, -0.1) is 11.8 Å². The largest absolute Gasteiger partial charge is 0.325 e. The number of rotatable bonds is 11. The van der Waals surface area contributed by atoms with E-state index >= 15 is 0 Å². The number of nitrogens with one attached hydrogen (secondary N) is 3. The van der Waals surface area contributed by atoms with E-state index in [1.54, 1.807) is 54.6 Å². The summed E-state index contributed by atoms with van der Waals surface area (Å²) in [6.45, 7) is 3.84. The lowest BCUT2D eigenvalue weighted by atomic mass is 10.1. The molecule has 0 spiro atoms. The summed E-state index contributed by atoms with van der Waals surface area (Å²) in [4.78, 5) is 40.0. The molecule has 0 radical (unpaired) electrons. The number of nitrogens with two attached hydrogens (primary N) is 1. The third-order valence-corrected chi connectivity index (χ3v) is 8.69. The van der Waals surface area contributed by atoms with Gasteiger partial charge in [0.25, 0.3) is 11.8 Å². The quantitative estimate of drug-likeness (QED) is 0.126. The van der Waals surface area contributed by atoms with Crippen molar-refractivity contribution in [3.8, 4) is 0 Å². The number of benzene rings is 4. The van der Waals surface area contributed by atoms with Crippen LogP contribution in [0.5, 0.6) is 0 Å². The normalized spacial score (nSPS) is 12.2. The smallest absolute Gasteiger partial charge is 0.272 e. The molecular formula is C33H32N4O5S2. The first-order valence-electron chi connectivity index (χ1n) is 13.7. The fraction of sp³-hybridized carbons (Fsp3) is 0.121. The number of hydrogen-bond acceptors (Lipinski definition) is 6. The molecule has 4 rings (SSSR count). The highest BCUT2D eigenvalue weighted by atomic mass is 32.2. The second-order valence-electron chi connectivity index (χ2n) is 9.84. The van der Waals surface area contributed by atoms with Gasteiger partial charge in [-0.3, -0.25) is 14.4 Å². The zero-order valence-electron chi connectivity index (χ0n) is 24.1. The van der Waals surface area contributed by atoms with Crippen LogP contribution in [-0.2, 0) is 19.6 Å². The van der Waals surface area contributed by atoms with Crippen LogP contribution in [0.2, 0.25) is 0 Å². The summed E-state index contributed by atoms with van der Waals surface area (Å²) < 4.78 is 23.0. The Labute approximate surface area is 261 Å². The van der Waals surface area contributed by atoms with Gasteiger partial charge in [0, 0.05) is 21.8 Å². The van der Waals surface area contributed by atoms with Crippen LogP contribution in [0.15, 0.2) is 119 Å². The summed E-state index contributed by atoms with van der Waals surface area (Å²) in [5.74, 6) is -1.19. The van der Waals surface area contributed by atoms with Crippen molar-refractivity contribution in [3.63, 3.8) is 0 Å². The highest BCUT2D eigenvalue weighted by molar-refractivity contribution is 8.00. The first kappa shape index (κ1) is 32.2. The van der Waals surface area contributed by atoms with Crippen LogP contribution in [0, 0.1) is 6.92 Å². The second kappa shape index (κ2) is 14.6. The molecule has 1 atom stereocenters. The zero-order chi connectivity index (χ0) is 31.7. The molecule has 1 unspecified atom stereocenters. The van der Waals surface area contributed by atoms with Gasteiger partial charge in [-0.1, -0.05) is 61.0 Å². The first-order chi connectivity index (χ1) is 21.0. The standard InChI is InChI=1S/C33H32N4O5S2/c1-3-30(33(40)35-25-16-18-28(19-17-25)44(34,41)42)43-27-11-7-10-26(21-27)36-32(39)29(20-23-14-12-22(2)13-15-23)37-31(38)24-8-5-4-6-9-24/h4-21,30H,3H2,1-2H3,(H,35,40)(H,36,39)(H,37,38)(H2,34,41,42)/b29-20-. The molecule has 0 aliphatic heterocycles. The lowest BCUT2D eigenvalue weighted by molar-refractivity contribution is -0.116. The van der Waals surface area contributed by atoms with Crippen LogP contribution >= 0.6 is 11.8 Å². The van der Waals surface area contributed by atoms with Gasteiger partial charge in [0.1, 0.15) is 5.70 Å². The Morgan fingerprint density at radius 2 is 1.52 bits per heavy atom. The van der Waals surface area contributed by atoms with Crippen LogP contribution < -0.4 is 21.1 Å². The van der Waals surface area contributed by atoms with Crippen LogP contribution in [0.25, 0.3) is 6.08 Å². The van der Waals surface area contributed by atoms with E-state index in [2.05, 4.69) is 16.0 Å². The minimum absolute atomic E-state index is 0.0488. The SMILES string of the molecule is CCC(Sc1cccc(NC(=O)/C(=C/c2ccc(C)cc2)NC(=O)c2ccccc2)c1)C(=O)Nc1ccc(S(N)(=O)=O)cc1. The summed E-state index contributed by atoms with van der Waals surface area (Å²) in [5.41, 5.74) is 3.22. The maximum absolute atomic E-state index is 13.4. The van der Waals surface area contributed by atoms with Crippen molar-refractivity contribution in [3.05, 3.63) is 126 Å². The number of primary sulfonamides is 1. The summed E-state index contributed by atoms with van der Waals surface area (Å²) in [6, 6.07) is 28.9. The molecule has 0 aliphatic rings. The van der Waals surface area contributed by atoms with E-state index in [1.807, 2.05) is 44.2 Å². The Hall–Kier alpha value is -4.71. The maximum atomic E-state index is 13.4. The molecule has 9 nitrogen and oxygen atoms in total. The predicted octanol–water partition coefficient (Wildman–Crippen LogP) is 5.56. The molecule has 5 N–H and O–H groups in total. The summed E-state index contributed by atoms with van der Waals surface area (Å²) >= 11 is 1.32. The number of aryl methyl sites for hydroxylation is 1. The van der Waals surface area contributed by atoms with E-state index in [-0.39, 0.29) is 16.5 Å². The summed E-state index contributed by atoms with van der Waals surface area (Å²) in [7, 11) is -3.84. The van der Waals surface area contributed by atoms with E-state index in [9.17, 15) is 22.8 Å². The van der Waals surface area contributed by atoms with Crippen LogP contribution in [-0.4, -0.2) is 31.4 Å². The minimum Gasteiger partial charge on any atom is -0.325 e. The first-order valence-corrected chi connectivity index (χ1v) is 16.1. The van der Waals surface area contributed by atoms with Gasteiger partial charge in [-0.25, -0.2) is 13.6 Å². The number of carbonyl (C=O) groups excluding carboxylic acids is 3. The van der Waals surface area contributed by atoms with Crippen LogP contribution in [0.1, 0.15) is 34.8 Å². The molecule has 0 saturated heterocycles. The highest BCUT2D eigenvalue weighted by Gasteiger charge is 2.20. The number of hydrogen-bond donors (Lipinski definition) is 4. The summed E-state index contributed by atoms with van der Waals surface area (Å²) in [6.07, 6.45) is 2.12. The Bertz CT molecular complexity index is 1770. The molecule has 4 aromatic rings. The van der Waals surface area contributed by atoms with Crippen molar-refractivity contribution in [1.29, 1.82) is 0 Å². The van der Waals surface area contributed by atoms with Gasteiger partial charge in [0.05, 0.1) is 10.1 Å². The molecule has 4 aromatic carbocycles. The average molecular weight is 629 g/mol.